The van der Waals surface area contributed by atoms with Crippen molar-refractivity contribution in [2.75, 3.05) is 6.54 Å². The fourth-order valence-corrected chi connectivity index (χ4v) is 3.78. The van der Waals surface area contributed by atoms with E-state index >= 15 is 0 Å². The average molecular weight is 378 g/mol. The van der Waals surface area contributed by atoms with Crippen LogP contribution in [-0.4, -0.2) is 26.9 Å². The predicted molar refractivity (Wildman–Crippen MR) is 86.3 cm³/mol. The largest absolute Gasteiger partial charge is 0.416 e. The van der Waals surface area contributed by atoms with Gasteiger partial charge in [0.15, 0.2) is 0 Å². The molecule has 5 nitrogen and oxygen atoms in total. The molecule has 2 N–H and O–H groups in total. The van der Waals surface area contributed by atoms with Gasteiger partial charge in [0.25, 0.3) is 0 Å². The van der Waals surface area contributed by atoms with Crippen LogP contribution < -0.4 is 10.0 Å². The van der Waals surface area contributed by atoms with Crippen LogP contribution in [0.2, 0.25) is 0 Å². The number of sulfonamides is 1. The Labute approximate surface area is 145 Å². The molecule has 1 aliphatic carbocycles. The SMILES string of the molecule is O=C(CCNS(=O)(=O)c1ccc(C(F)(F)F)cc1)NC1CCCCC1. The number of rotatable bonds is 6. The van der Waals surface area contributed by atoms with Crippen LogP contribution in [0, 0.1) is 0 Å². The molecule has 1 aliphatic rings. The lowest BCUT2D eigenvalue weighted by atomic mass is 9.95. The lowest BCUT2D eigenvalue weighted by Gasteiger charge is -2.22. The first-order valence-electron chi connectivity index (χ1n) is 8.15. The Morgan fingerprint density at radius 3 is 2.24 bits per heavy atom. The summed E-state index contributed by atoms with van der Waals surface area (Å²) in [5.74, 6) is -0.234. The minimum atomic E-state index is -4.52. The summed E-state index contributed by atoms with van der Waals surface area (Å²) >= 11 is 0. The number of benzene rings is 1. The first-order valence-corrected chi connectivity index (χ1v) is 9.63. The molecule has 0 radical (unpaired) electrons. The predicted octanol–water partition coefficient (Wildman–Crippen LogP) is 2.82. The van der Waals surface area contributed by atoms with Crippen LogP contribution in [0.4, 0.5) is 13.2 Å². The van der Waals surface area contributed by atoms with Crippen LogP contribution in [-0.2, 0) is 21.0 Å². The molecule has 0 saturated heterocycles. The van der Waals surface area contributed by atoms with Crippen LogP contribution in [0.3, 0.4) is 0 Å². The molecule has 1 fully saturated rings. The van der Waals surface area contributed by atoms with Crippen LogP contribution in [0.5, 0.6) is 0 Å². The topological polar surface area (TPSA) is 75.3 Å². The van der Waals surface area contributed by atoms with E-state index in [1.807, 2.05) is 0 Å². The zero-order valence-electron chi connectivity index (χ0n) is 13.6. The van der Waals surface area contributed by atoms with Gasteiger partial charge < -0.3 is 5.32 Å². The number of hydrogen-bond donors (Lipinski definition) is 2. The number of alkyl halides is 3. The van der Waals surface area contributed by atoms with Crippen molar-refractivity contribution < 1.29 is 26.4 Å². The van der Waals surface area contributed by atoms with Crippen LogP contribution in [0.1, 0.15) is 44.1 Å². The Morgan fingerprint density at radius 2 is 1.68 bits per heavy atom. The summed E-state index contributed by atoms with van der Waals surface area (Å²) in [5.41, 5.74) is -0.918. The van der Waals surface area contributed by atoms with E-state index in [1.54, 1.807) is 0 Å². The molecule has 140 valence electrons. The van der Waals surface area contributed by atoms with E-state index in [4.69, 9.17) is 0 Å². The van der Waals surface area contributed by atoms with E-state index in [0.717, 1.165) is 37.8 Å². The van der Waals surface area contributed by atoms with Gasteiger partial charge in [0.2, 0.25) is 15.9 Å². The molecule has 1 saturated carbocycles. The smallest absolute Gasteiger partial charge is 0.353 e. The summed E-state index contributed by atoms with van der Waals surface area (Å²) in [7, 11) is -3.95. The Morgan fingerprint density at radius 1 is 1.08 bits per heavy atom. The molecule has 2 rings (SSSR count). The second kappa shape index (κ2) is 8.18. The maximum Gasteiger partial charge on any atom is 0.416 e. The minimum absolute atomic E-state index is 0.0175. The fraction of sp³-hybridized carbons (Fsp3) is 0.562. The molecule has 0 bridgehead atoms. The summed E-state index contributed by atoms with van der Waals surface area (Å²) in [6.45, 7) is -0.109. The highest BCUT2D eigenvalue weighted by atomic mass is 32.2. The summed E-state index contributed by atoms with van der Waals surface area (Å²) in [6, 6.07) is 3.36. The van der Waals surface area contributed by atoms with E-state index in [0.29, 0.717) is 12.1 Å². The molecule has 0 aromatic heterocycles. The zero-order chi connectivity index (χ0) is 18.5. The quantitative estimate of drug-likeness (QED) is 0.799. The summed E-state index contributed by atoms with van der Waals surface area (Å²) in [5, 5.41) is 2.87. The number of carbonyl (C=O) groups is 1. The third-order valence-corrected chi connectivity index (χ3v) is 5.58. The molecule has 1 amide bonds. The van der Waals surface area contributed by atoms with E-state index in [1.165, 1.54) is 6.42 Å². The number of amides is 1. The zero-order valence-corrected chi connectivity index (χ0v) is 14.4. The summed E-state index contributed by atoms with van der Waals surface area (Å²) < 4.78 is 63.8. The highest BCUT2D eigenvalue weighted by molar-refractivity contribution is 7.89. The van der Waals surface area contributed by atoms with Gasteiger partial charge in [-0.15, -0.1) is 0 Å². The van der Waals surface area contributed by atoms with Gasteiger partial charge in [-0.1, -0.05) is 19.3 Å². The number of hydrogen-bond acceptors (Lipinski definition) is 3. The van der Waals surface area contributed by atoms with Gasteiger partial charge in [-0.2, -0.15) is 13.2 Å². The van der Waals surface area contributed by atoms with Crippen LogP contribution in [0.15, 0.2) is 29.2 Å². The summed E-state index contributed by atoms with van der Waals surface area (Å²) in [6.07, 6.45) is 0.644. The Balaban J connectivity index is 1.83. The Kier molecular flexibility index (Phi) is 6.45. The number of carbonyl (C=O) groups excluding carboxylic acids is 1. The molecule has 0 spiro atoms. The first kappa shape index (κ1) is 19.7. The van der Waals surface area contributed by atoms with Crippen LogP contribution >= 0.6 is 0 Å². The first-order chi connectivity index (χ1) is 11.7. The monoisotopic (exact) mass is 378 g/mol. The standard InChI is InChI=1S/C16H21F3N2O3S/c17-16(18,19)12-6-8-14(9-7-12)25(23,24)20-11-10-15(22)21-13-4-2-1-3-5-13/h6-9,13,20H,1-5,10-11H2,(H,21,22). The maximum absolute atomic E-state index is 12.5. The molecule has 1 aromatic carbocycles. The normalized spacial score (nSPS) is 16.6. The molecule has 0 unspecified atom stereocenters. The van der Waals surface area contributed by atoms with Crippen molar-refractivity contribution in [3.8, 4) is 0 Å². The number of halogens is 3. The Hall–Kier alpha value is -1.61. The lowest BCUT2D eigenvalue weighted by molar-refractivity contribution is -0.137. The van der Waals surface area contributed by atoms with Crippen molar-refractivity contribution in [2.45, 2.75) is 55.6 Å². The maximum atomic E-state index is 12.5. The van der Waals surface area contributed by atoms with Gasteiger partial charge in [0.05, 0.1) is 10.5 Å². The van der Waals surface area contributed by atoms with E-state index in [9.17, 15) is 26.4 Å². The fourth-order valence-electron chi connectivity index (χ4n) is 2.75. The van der Waals surface area contributed by atoms with Gasteiger partial charge in [-0.25, -0.2) is 13.1 Å². The van der Waals surface area contributed by atoms with E-state index in [2.05, 4.69) is 10.0 Å². The van der Waals surface area contributed by atoms with Crippen molar-refractivity contribution in [3.63, 3.8) is 0 Å². The molecular formula is C16H21F3N2O3S. The van der Waals surface area contributed by atoms with Crippen molar-refractivity contribution in [3.05, 3.63) is 29.8 Å². The van der Waals surface area contributed by atoms with E-state index in [-0.39, 0.29) is 29.8 Å². The van der Waals surface area contributed by atoms with E-state index < -0.39 is 21.8 Å². The Bertz CT molecular complexity index is 682. The van der Waals surface area contributed by atoms with Crippen molar-refractivity contribution in [1.29, 1.82) is 0 Å². The number of nitrogens with one attached hydrogen (secondary N) is 2. The molecule has 0 aliphatic heterocycles. The highest BCUT2D eigenvalue weighted by Crippen LogP contribution is 2.29. The second-order valence-corrected chi connectivity index (χ2v) is 7.84. The van der Waals surface area contributed by atoms with Gasteiger partial charge in [-0.3, -0.25) is 4.79 Å². The van der Waals surface area contributed by atoms with Crippen molar-refractivity contribution >= 4 is 15.9 Å². The highest BCUT2D eigenvalue weighted by Gasteiger charge is 2.30. The molecule has 0 atom stereocenters. The minimum Gasteiger partial charge on any atom is -0.353 e. The third kappa shape index (κ3) is 6.00. The second-order valence-electron chi connectivity index (χ2n) is 6.07. The van der Waals surface area contributed by atoms with Gasteiger partial charge in [0, 0.05) is 19.0 Å². The molecule has 1 aromatic rings. The van der Waals surface area contributed by atoms with Gasteiger partial charge >= 0.3 is 6.18 Å². The van der Waals surface area contributed by atoms with Crippen LogP contribution in [0.25, 0.3) is 0 Å². The van der Waals surface area contributed by atoms with Crippen molar-refractivity contribution in [2.24, 2.45) is 0 Å². The van der Waals surface area contributed by atoms with Gasteiger partial charge in [0.1, 0.15) is 0 Å². The molecule has 9 heteroatoms. The third-order valence-electron chi connectivity index (χ3n) is 4.11. The summed E-state index contributed by atoms with van der Waals surface area (Å²) in [4.78, 5) is 11.5. The van der Waals surface area contributed by atoms with Crippen molar-refractivity contribution in [1.82, 2.24) is 10.0 Å². The molecule has 0 heterocycles. The molecule has 25 heavy (non-hydrogen) atoms. The lowest BCUT2D eigenvalue weighted by Crippen LogP contribution is -2.38. The molecular weight excluding hydrogens is 357 g/mol. The average Bonchev–Trinajstić information content (AvgIpc) is 2.55. The van der Waals surface area contributed by atoms with Gasteiger partial charge in [-0.05, 0) is 37.1 Å².